The van der Waals surface area contributed by atoms with Gasteiger partial charge in [0.25, 0.3) is 5.91 Å². The Morgan fingerprint density at radius 1 is 0.968 bits per heavy atom. The van der Waals surface area contributed by atoms with Crippen LogP contribution in [0.3, 0.4) is 0 Å². The summed E-state index contributed by atoms with van der Waals surface area (Å²) in [4.78, 5) is 28.0. The third-order valence-electron chi connectivity index (χ3n) is 5.52. The quantitative estimate of drug-likeness (QED) is 0.591. The molecule has 2 heterocycles. The maximum atomic E-state index is 13.1. The molecule has 4 rings (SSSR count). The molecule has 1 fully saturated rings. The van der Waals surface area contributed by atoms with E-state index in [-0.39, 0.29) is 17.7 Å². The van der Waals surface area contributed by atoms with Crippen molar-refractivity contribution in [2.45, 2.75) is 31.5 Å². The topological polar surface area (TPSA) is 74.6 Å². The summed E-state index contributed by atoms with van der Waals surface area (Å²) < 4.78 is 5.18. The maximum absolute atomic E-state index is 13.1. The van der Waals surface area contributed by atoms with Crippen LogP contribution in [0.15, 0.2) is 83.5 Å². The van der Waals surface area contributed by atoms with Crippen molar-refractivity contribution in [3.8, 4) is 0 Å². The van der Waals surface area contributed by atoms with Crippen molar-refractivity contribution in [2.24, 2.45) is 0 Å². The summed E-state index contributed by atoms with van der Waals surface area (Å²) in [5, 5.41) is 5.97. The van der Waals surface area contributed by atoms with E-state index in [1.807, 2.05) is 48.5 Å². The first kappa shape index (κ1) is 20.9. The average Bonchev–Trinajstić information content (AvgIpc) is 3.47. The fourth-order valence-electron chi connectivity index (χ4n) is 3.93. The third-order valence-corrected chi connectivity index (χ3v) is 5.52. The van der Waals surface area contributed by atoms with Gasteiger partial charge in [-0.05, 0) is 29.7 Å². The Hall–Kier alpha value is -3.38. The molecule has 1 aromatic heterocycles. The predicted molar refractivity (Wildman–Crippen MR) is 118 cm³/mol. The van der Waals surface area contributed by atoms with Crippen LogP contribution in [0.25, 0.3) is 0 Å². The van der Waals surface area contributed by atoms with E-state index >= 15 is 0 Å². The zero-order valence-corrected chi connectivity index (χ0v) is 17.4. The molecule has 3 aromatic rings. The zero-order chi connectivity index (χ0) is 21.5. The average molecular weight is 418 g/mol. The van der Waals surface area contributed by atoms with E-state index < -0.39 is 11.9 Å². The van der Waals surface area contributed by atoms with Gasteiger partial charge in [-0.2, -0.15) is 0 Å². The highest BCUT2D eigenvalue weighted by Gasteiger charge is 2.28. The number of amides is 2. The van der Waals surface area contributed by atoms with E-state index in [2.05, 4.69) is 27.7 Å². The summed E-state index contributed by atoms with van der Waals surface area (Å²) in [6.07, 6.45) is 2.75. The van der Waals surface area contributed by atoms with Crippen molar-refractivity contribution in [3.63, 3.8) is 0 Å². The molecule has 2 N–H and O–H groups in total. The van der Waals surface area contributed by atoms with Gasteiger partial charge in [0.15, 0.2) is 5.76 Å². The van der Waals surface area contributed by atoms with Crippen LogP contribution >= 0.6 is 0 Å². The molecular formula is C25H27N3O3. The molecule has 0 saturated carbocycles. The zero-order valence-electron chi connectivity index (χ0n) is 17.4. The second-order valence-electron chi connectivity index (χ2n) is 7.91. The number of nitrogens with one attached hydrogen (secondary N) is 2. The summed E-state index contributed by atoms with van der Waals surface area (Å²) in [5.74, 6) is -0.366. The third kappa shape index (κ3) is 5.83. The van der Waals surface area contributed by atoms with Gasteiger partial charge in [-0.15, -0.1) is 0 Å². The van der Waals surface area contributed by atoms with Crippen molar-refractivity contribution >= 4 is 11.8 Å². The molecular weight excluding hydrogens is 390 g/mol. The number of hydrogen-bond donors (Lipinski definition) is 2. The summed E-state index contributed by atoms with van der Waals surface area (Å²) in [5.41, 5.74) is 2.25. The van der Waals surface area contributed by atoms with Crippen LogP contribution < -0.4 is 10.6 Å². The van der Waals surface area contributed by atoms with E-state index in [0.717, 1.165) is 31.6 Å². The van der Waals surface area contributed by atoms with E-state index in [0.29, 0.717) is 6.42 Å². The molecule has 31 heavy (non-hydrogen) atoms. The van der Waals surface area contributed by atoms with Gasteiger partial charge in [0.05, 0.1) is 6.26 Å². The van der Waals surface area contributed by atoms with E-state index in [1.54, 1.807) is 12.1 Å². The van der Waals surface area contributed by atoms with Crippen molar-refractivity contribution in [1.82, 2.24) is 15.5 Å². The van der Waals surface area contributed by atoms with Gasteiger partial charge in [0, 0.05) is 32.1 Å². The molecule has 0 spiro atoms. The minimum Gasteiger partial charge on any atom is -0.459 e. The standard InChI is InChI=1S/C25H27N3O3/c29-24(26-21-13-14-28(18-21)17-20-10-5-2-6-11-20)22(16-19-8-3-1-4-9-19)27-25(30)23-12-7-15-31-23/h1-12,15,21-22H,13-14,16-18H2,(H,26,29)(H,27,30). The minimum atomic E-state index is -0.678. The Balaban J connectivity index is 1.37. The van der Waals surface area contributed by atoms with Crippen LogP contribution in [-0.2, 0) is 17.8 Å². The predicted octanol–water partition coefficient (Wildman–Crippen LogP) is 3.01. The summed E-state index contributed by atoms with van der Waals surface area (Å²) >= 11 is 0. The van der Waals surface area contributed by atoms with Crippen LogP contribution in [0.1, 0.15) is 28.1 Å². The molecule has 0 radical (unpaired) electrons. The normalized spacial score (nSPS) is 17.2. The molecule has 1 aliphatic rings. The molecule has 160 valence electrons. The lowest BCUT2D eigenvalue weighted by molar-refractivity contribution is -0.123. The van der Waals surface area contributed by atoms with E-state index in [4.69, 9.17) is 4.42 Å². The molecule has 1 aliphatic heterocycles. The summed E-state index contributed by atoms with van der Waals surface area (Å²) in [6.45, 7) is 2.60. The molecule has 1 saturated heterocycles. The number of carbonyl (C=O) groups excluding carboxylic acids is 2. The molecule has 6 nitrogen and oxygen atoms in total. The Morgan fingerprint density at radius 2 is 1.68 bits per heavy atom. The van der Waals surface area contributed by atoms with E-state index in [9.17, 15) is 9.59 Å². The first-order valence-electron chi connectivity index (χ1n) is 10.6. The molecule has 2 amide bonds. The maximum Gasteiger partial charge on any atom is 0.287 e. The Kier molecular flexibility index (Phi) is 6.79. The molecule has 0 aliphatic carbocycles. The fourth-order valence-corrected chi connectivity index (χ4v) is 3.93. The Bertz CT molecular complexity index is 974. The number of likely N-dealkylation sites (tertiary alicyclic amines) is 1. The van der Waals surface area contributed by atoms with Crippen LogP contribution in [-0.4, -0.2) is 41.9 Å². The van der Waals surface area contributed by atoms with Gasteiger partial charge in [0.2, 0.25) is 5.91 Å². The summed E-state index contributed by atoms with van der Waals surface area (Å²) in [7, 11) is 0. The number of hydrogen-bond acceptors (Lipinski definition) is 4. The second kappa shape index (κ2) is 10.1. The Morgan fingerprint density at radius 3 is 2.35 bits per heavy atom. The molecule has 2 atom stereocenters. The highest BCUT2D eigenvalue weighted by molar-refractivity contribution is 5.95. The highest BCUT2D eigenvalue weighted by atomic mass is 16.3. The van der Waals surface area contributed by atoms with Crippen LogP contribution in [0, 0.1) is 0 Å². The smallest absolute Gasteiger partial charge is 0.287 e. The first-order valence-corrected chi connectivity index (χ1v) is 10.6. The number of nitrogens with zero attached hydrogens (tertiary/aromatic N) is 1. The van der Waals surface area contributed by atoms with Gasteiger partial charge in [-0.1, -0.05) is 60.7 Å². The number of benzene rings is 2. The molecule has 6 heteroatoms. The monoisotopic (exact) mass is 417 g/mol. The lowest BCUT2D eigenvalue weighted by Crippen LogP contribution is -2.51. The molecule has 2 unspecified atom stereocenters. The van der Waals surface area contributed by atoms with Crippen molar-refractivity contribution in [3.05, 3.63) is 95.9 Å². The SMILES string of the molecule is O=C(NC(Cc1ccccc1)C(=O)NC1CCN(Cc2ccccc2)C1)c1ccco1. The first-order chi connectivity index (χ1) is 15.2. The van der Waals surface area contributed by atoms with Gasteiger partial charge in [-0.25, -0.2) is 0 Å². The molecule has 2 aromatic carbocycles. The van der Waals surface area contributed by atoms with Gasteiger partial charge >= 0.3 is 0 Å². The number of carbonyl (C=O) groups is 2. The van der Waals surface area contributed by atoms with Crippen LogP contribution in [0.4, 0.5) is 0 Å². The number of rotatable bonds is 8. The van der Waals surface area contributed by atoms with Crippen molar-refractivity contribution < 1.29 is 14.0 Å². The lowest BCUT2D eigenvalue weighted by Gasteiger charge is -2.21. The van der Waals surface area contributed by atoms with Crippen molar-refractivity contribution in [1.29, 1.82) is 0 Å². The largest absolute Gasteiger partial charge is 0.459 e. The Labute approximate surface area is 182 Å². The minimum absolute atomic E-state index is 0.0648. The van der Waals surface area contributed by atoms with Crippen LogP contribution in [0.5, 0.6) is 0 Å². The fraction of sp³-hybridized carbons (Fsp3) is 0.280. The second-order valence-corrected chi connectivity index (χ2v) is 7.91. The lowest BCUT2D eigenvalue weighted by atomic mass is 10.0. The van der Waals surface area contributed by atoms with Crippen LogP contribution in [0.2, 0.25) is 0 Å². The van der Waals surface area contributed by atoms with Gasteiger partial charge in [-0.3, -0.25) is 14.5 Å². The highest BCUT2D eigenvalue weighted by Crippen LogP contribution is 2.14. The van der Waals surface area contributed by atoms with E-state index in [1.165, 1.54) is 11.8 Å². The summed E-state index contributed by atoms with van der Waals surface area (Å²) in [6, 6.07) is 22.7. The number of furan rings is 1. The van der Waals surface area contributed by atoms with Gasteiger partial charge < -0.3 is 15.1 Å². The molecule has 0 bridgehead atoms. The van der Waals surface area contributed by atoms with Gasteiger partial charge in [0.1, 0.15) is 6.04 Å². The van der Waals surface area contributed by atoms with Crippen molar-refractivity contribution in [2.75, 3.05) is 13.1 Å².